The summed E-state index contributed by atoms with van der Waals surface area (Å²) in [5.41, 5.74) is 4.96. The maximum absolute atomic E-state index is 12.9. The van der Waals surface area contributed by atoms with Gasteiger partial charge in [0.05, 0.1) is 29.6 Å². The Hall–Kier alpha value is -3.83. The average molecular weight is 525 g/mol. The number of anilines is 1. The van der Waals surface area contributed by atoms with Crippen molar-refractivity contribution < 1.29 is 22.4 Å². The summed E-state index contributed by atoms with van der Waals surface area (Å²) in [5, 5.41) is 16.0. The zero-order valence-electron chi connectivity index (χ0n) is 20.5. The van der Waals surface area contributed by atoms with E-state index < -0.39 is 11.7 Å². The number of halogens is 3. The van der Waals surface area contributed by atoms with Crippen LogP contribution in [0.15, 0.2) is 59.6 Å². The minimum Gasteiger partial charge on any atom is -0.375 e. The molecule has 0 amide bonds. The molecule has 11 heteroatoms. The number of nitrogens with zero attached hydrogens (tertiary/aromatic N) is 3. The molecule has 0 radical (unpaired) electrons. The van der Waals surface area contributed by atoms with Gasteiger partial charge in [0.25, 0.3) is 0 Å². The first-order valence-electron chi connectivity index (χ1n) is 12.6. The normalized spacial score (nSPS) is 14.6. The first-order chi connectivity index (χ1) is 18.4. The van der Waals surface area contributed by atoms with Crippen molar-refractivity contribution in [2.45, 2.75) is 31.7 Å². The molecule has 8 nitrogen and oxygen atoms in total. The molecular weight excluding hydrogens is 497 g/mol. The molecule has 0 bridgehead atoms. The molecule has 0 atom stereocenters. The molecule has 6 rings (SSSR count). The zero-order chi connectivity index (χ0) is 26.1. The van der Waals surface area contributed by atoms with Crippen molar-refractivity contribution in [1.29, 1.82) is 0 Å². The van der Waals surface area contributed by atoms with Gasteiger partial charge in [-0.25, -0.2) is 0 Å². The predicted molar refractivity (Wildman–Crippen MR) is 138 cm³/mol. The molecule has 2 aromatic carbocycles. The molecule has 1 aliphatic rings. The Kier molecular flexibility index (Phi) is 6.54. The van der Waals surface area contributed by atoms with E-state index in [4.69, 9.17) is 9.26 Å². The molecule has 1 saturated heterocycles. The summed E-state index contributed by atoms with van der Waals surface area (Å²) in [4.78, 5) is 5.46. The van der Waals surface area contributed by atoms with Crippen LogP contribution in [0.3, 0.4) is 0 Å². The lowest BCUT2D eigenvalue weighted by Crippen LogP contribution is -2.52. The van der Waals surface area contributed by atoms with Crippen LogP contribution >= 0.6 is 0 Å². The summed E-state index contributed by atoms with van der Waals surface area (Å²) >= 11 is 0. The SMILES string of the molecule is FC(F)(F)c1ccc2[nH]c(CNCCCCOC3CN(c4cc(-c5cnoc5)cc5[nH]ncc45)C3)cc2c1. The maximum Gasteiger partial charge on any atom is 0.416 e. The van der Waals surface area contributed by atoms with E-state index in [9.17, 15) is 13.2 Å². The van der Waals surface area contributed by atoms with Crippen molar-refractivity contribution >= 4 is 27.5 Å². The fraction of sp³-hybridized carbons (Fsp3) is 0.333. The molecule has 3 N–H and O–H groups in total. The summed E-state index contributed by atoms with van der Waals surface area (Å²) in [6, 6.07) is 9.70. The summed E-state index contributed by atoms with van der Waals surface area (Å²) < 4.78 is 49.8. The molecule has 3 aromatic heterocycles. The van der Waals surface area contributed by atoms with Crippen LogP contribution in [-0.2, 0) is 17.5 Å². The molecule has 38 heavy (non-hydrogen) atoms. The Morgan fingerprint density at radius 2 is 1.95 bits per heavy atom. The van der Waals surface area contributed by atoms with Gasteiger partial charge in [-0.3, -0.25) is 5.10 Å². The first kappa shape index (κ1) is 24.5. The van der Waals surface area contributed by atoms with Gasteiger partial charge in [-0.15, -0.1) is 0 Å². The van der Waals surface area contributed by atoms with Gasteiger partial charge in [0.15, 0.2) is 0 Å². The number of unbranched alkanes of at least 4 members (excludes halogenated alkanes) is 1. The molecule has 1 fully saturated rings. The molecule has 5 aromatic rings. The van der Waals surface area contributed by atoms with Crippen molar-refractivity contribution in [1.82, 2.24) is 25.7 Å². The van der Waals surface area contributed by atoms with Crippen molar-refractivity contribution in [3.8, 4) is 11.1 Å². The highest BCUT2D eigenvalue weighted by Crippen LogP contribution is 2.35. The third-order valence-electron chi connectivity index (χ3n) is 6.91. The van der Waals surface area contributed by atoms with E-state index in [0.717, 1.165) is 72.0 Å². The van der Waals surface area contributed by atoms with Gasteiger partial charge in [0.1, 0.15) is 6.26 Å². The third kappa shape index (κ3) is 5.11. The average Bonchev–Trinajstić information content (AvgIpc) is 3.63. The lowest BCUT2D eigenvalue weighted by atomic mass is 10.0. The van der Waals surface area contributed by atoms with Gasteiger partial charge >= 0.3 is 6.18 Å². The van der Waals surface area contributed by atoms with Crippen LogP contribution in [0, 0.1) is 0 Å². The highest BCUT2D eigenvalue weighted by Gasteiger charge is 2.31. The number of fused-ring (bicyclic) bond motifs is 2. The van der Waals surface area contributed by atoms with Gasteiger partial charge in [0, 0.05) is 59.5 Å². The third-order valence-corrected chi connectivity index (χ3v) is 6.91. The smallest absolute Gasteiger partial charge is 0.375 e. The topological polar surface area (TPSA) is 95.0 Å². The van der Waals surface area contributed by atoms with Crippen molar-refractivity contribution in [2.75, 3.05) is 31.1 Å². The van der Waals surface area contributed by atoms with E-state index in [1.165, 1.54) is 12.1 Å². The van der Waals surface area contributed by atoms with E-state index in [-0.39, 0.29) is 6.10 Å². The van der Waals surface area contributed by atoms with E-state index in [1.54, 1.807) is 18.5 Å². The van der Waals surface area contributed by atoms with Crippen LogP contribution in [0.1, 0.15) is 24.1 Å². The monoisotopic (exact) mass is 524 g/mol. The van der Waals surface area contributed by atoms with Crippen LogP contribution in [0.2, 0.25) is 0 Å². The van der Waals surface area contributed by atoms with E-state index in [1.807, 2.05) is 12.3 Å². The Labute approximate surface area is 216 Å². The molecule has 0 aliphatic carbocycles. The molecular formula is C27H27F3N6O2. The Balaban J connectivity index is 0.919. The van der Waals surface area contributed by atoms with Crippen LogP contribution in [0.5, 0.6) is 0 Å². The van der Waals surface area contributed by atoms with Gasteiger partial charge in [-0.05, 0) is 61.3 Å². The Morgan fingerprint density at radius 3 is 2.76 bits per heavy atom. The van der Waals surface area contributed by atoms with Crippen molar-refractivity contribution in [2.24, 2.45) is 0 Å². The first-order valence-corrected chi connectivity index (χ1v) is 12.6. The standard InChI is InChI=1S/C27H27F3N6O2/c28-27(29,30)20-3-4-24-18(7-20)8-21(34-24)12-31-5-1-2-6-37-22-14-36(15-22)26-10-17(19-11-33-38-16-19)9-25-23(26)13-32-35-25/h3-4,7-11,13,16,22,31,34H,1-2,5-6,12,14-15H2,(H,32,35). The second-order valence-electron chi connectivity index (χ2n) is 9.62. The molecule has 4 heterocycles. The Bertz CT molecular complexity index is 1520. The van der Waals surface area contributed by atoms with Gasteiger partial charge in [-0.2, -0.15) is 18.3 Å². The maximum atomic E-state index is 12.9. The minimum absolute atomic E-state index is 0.192. The number of alkyl halides is 3. The van der Waals surface area contributed by atoms with E-state index in [0.29, 0.717) is 24.1 Å². The Morgan fingerprint density at radius 1 is 1.05 bits per heavy atom. The summed E-state index contributed by atoms with van der Waals surface area (Å²) in [6.45, 7) is 3.71. The fourth-order valence-electron chi connectivity index (χ4n) is 4.84. The number of hydrogen-bond acceptors (Lipinski definition) is 6. The number of H-pyrrole nitrogens is 2. The fourth-order valence-corrected chi connectivity index (χ4v) is 4.84. The number of ether oxygens (including phenoxy) is 1. The van der Waals surface area contributed by atoms with Crippen LogP contribution in [0.25, 0.3) is 32.9 Å². The van der Waals surface area contributed by atoms with Gasteiger partial charge in [-0.1, -0.05) is 5.16 Å². The lowest BCUT2D eigenvalue weighted by Gasteiger charge is -2.41. The number of nitrogens with one attached hydrogen (secondary N) is 3. The molecule has 1 aliphatic heterocycles. The van der Waals surface area contributed by atoms with Crippen molar-refractivity contribution in [3.63, 3.8) is 0 Å². The molecule has 0 saturated carbocycles. The van der Waals surface area contributed by atoms with E-state index in [2.05, 4.69) is 36.6 Å². The lowest BCUT2D eigenvalue weighted by molar-refractivity contribution is -0.137. The number of benzene rings is 2. The molecule has 0 spiro atoms. The zero-order valence-corrected chi connectivity index (χ0v) is 20.5. The van der Waals surface area contributed by atoms with E-state index >= 15 is 0 Å². The summed E-state index contributed by atoms with van der Waals surface area (Å²) in [5.74, 6) is 0. The number of aromatic amines is 2. The highest BCUT2D eigenvalue weighted by molar-refractivity contribution is 5.96. The quantitative estimate of drug-likeness (QED) is 0.209. The number of hydrogen-bond donors (Lipinski definition) is 3. The van der Waals surface area contributed by atoms with Gasteiger partial charge in [0.2, 0.25) is 0 Å². The predicted octanol–water partition coefficient (Wildman–Crippen LogP) is 5.49. The van der Waals surface area contributed by atoms with Crippen LogP contribution < -0.4 is 10.2 Å². The molecule has 0 unspecified atom stereocenters. The second kappa shape index (κ2) is 10.1. The molecule has 198 valence electrons. The largest absolute Gasteiger partial charge is 0.416 e. The summed E-state index contributed by atoms with van der Waals surface area (Å²) in [6.07, 6.45) is 2.91. The highest BCUT2D eigenvalue weighted by atomic mass is 19.4. The van der Waals surface area contributed by atoms with Crippen LogP contribution in [-0.4, -0.2) is 52.7 Å². The summed E-state index contributed by atoms with van der Waals surface area (Å²) in [7, 11) is 0. The second-order valence-corrected chi connectivity index (χ2v) is 9.62. The van der Waals surface area contributed by atoms with Crippen molar-refractivity contribution in [3.05, 3.63) is 66.3 Å². The van der Waals surface area contributed by atoms with Crippen LogP contribution in [0.4, 0.5) is 18.9 Å². The number of aromatic nitrogens is 4. The number of rotatable bonds is 10. The van der Waals surface area contributed by atoms with Gasteiger partial charge < -0.3 is 24.5 Å². The minimum atomic E-state index is -4.33.